The molecule has 0 aliphatic heterocycles. The SMILES string of the molecule is C/C(=N\N(C1=CCCc2ccc(N)cc21)c1ccc(S(C)=O)cc1)C(N)=O. The van der Waals surface area contributed by atoms with E-state index >= 15 is 0 Å². The zero-order chi connectivity index (χ0) is 19.6. The first-order chi connectivity index (χ1) is 12.9. The van der Waals surface area contributed by atoms with Gasteiger partial charge in [0.25, 0.3) is 5.91 Å². The number of anilines is 2. The van der Waals surface area contributed by atoms with Gasteiger partial charge in [-0.05, 0) is 61.7 Å². The minimum Gasteiger partial charge on any atom is -0.399 e. The van der Waals surface area contributed by atoms with Crippen molar-refractivity contribution in [3.8, 4) is 0 Å². The van der Waals surface area contributed by atoms with E-state index in [0.29, 0.717) is 5.69 Å². The Balaban J connectivity index is 2.12. The highest BCUT2D eigenvalue weighted by molar-refractivity contribution is 7.84. The number of carbonyl (C=O) groups excluding carboxylic acids is 1. The van der Waals surface area contributed by atoms with Crippen molar-refractivity contribution in [3.63, 3.8) is 0 Å². The van der Waals surface area contributed by atoms with Gasteiger partial charge < -0.3 is 11.5 Å². The third-order valence-electron chi connectivity index (χ3n) is 4.41. The van der Waals surface area contributed by atoms with Crippen LogP contribution in [0, 0.1) is 0 Å². The highest BCUT2D eigenvalue weighted by Crippen LogP contribution is 2.34. The maximum absolute atomic E-state index is 11.7. The predicted octanol–water partition coefficient (Wildman–Crippen LogP) is 2.66. The lowest BCUT2D eigenvalue weighted by Crippen LogP contribution is -2.26. The van der Waals surface area contributed by atoms with E-state index in [1.54, 1.807) is 30.3 Å². The lowest BCUT2D eigenvalue weighted by atomic mass is 9.93. The second-order valence-corrected chi connectivity index (χ2v) is 7.73. The van der Waals surface area contributed by atoms with Gasteiger partial charge in [-0.1, -0.05) is 12.1 Å². The molecule has 27 heavy (non-hydrogen) atoms. The number of hydrazone groups is 1. The van der Waals surface area contributed by atoms with Gasteiger partial charge in [-0.3, -0.25) is 9.00 Å². The molecule has 7 heteroatoms. The number of carbonyl (C=O) groups is 1. The van der Waals surface area contributed by atoms with Crippen molar-refractivity contribution < 1.29 is 9.00 Å². The summed E-state index contributed by atoms with van der Waals surface area (Å²) in [6.45, 7) is 1.58. The van der Waals surface area contributed by atoms with Crippen LogP contribution in [-0.4, -0.2) is 22.1 Å². The molecule has 0 bridgehead atoms. The van der Waals surface area contributed by atoms with E-state index in [4.69, 9.17) is 11.5 Å². The van der Waals surface area contributed by atoms with Crippen LogP contribution >= 0.6 is 0 Å². The van der Waals surface area contributed by atoms with Crippen LogP contribution < -0.4 is 16.5 Å². The van der Waals surface area contributed by atoms with Gasteiger partial charge in [0.2, 0.25) is 0 Å². The van der Waals surface area contributed by atoms with E-state index in [1.807, 2.05) is 30.3 Å². The fourth-order valence-corrected chi connectivity index (χ4v) is 3.47. The third kappa shape index (κ3) is 4.09. The highest BCUT2D eigenvalue weighted by atomic mass is 32.2. The van der Waals surface area contributed by atoms with E-state index in [0.717, 1.165) is 34.7 Å². The minimum atomic E-state index is -1.07. The van der Waals surface area contributed by atoms with Crippen molar-refractivity contribution in [1.29, 1.82) is 0 Å². The molecule has 1 atom stereocenters. The van der Waals surface area contributed by atoms with Gasteiger partial charge in [0.15, 0.2) is 0 Å². The molecule has 1 aliphatic carbocycles. The zero-order valence-electron chi connectivity index (χ0n) is 15.3. The zero-order valence-corrected chi connectivity index (χ0v) is 16.1. The molecule has 0 saturated heterocycles. The summed E-state index contributed by atoms with van der Waals surface area (Å²) in [6, 6.07) is 13.1. The van der Waals surface area contributed by atoms with Crippen LogP contribution in [0.2, 0.25) is 0 Å². The standard InChI is InChI=1S/C20H22N4O2S/c1-13(20(22)25)23-24(16-8-10-17(11-9-16)27(2)26)19-5-3-4-14-6-7-15(21)12-18(14)19/h5-12H,3-4,21H2,1-2H3,(H2,22,25)/b23-13+. The third-order valence-corrected chi connectivity index (χ3v) is 5.35. The monoisotopic (exact) mass is 382 g/mol. The molecule has 0 spiro atoms. The Labute approximate surface area is 161 Å². The number of hydrogen-bond acceptors (Lipinski definition) is 5. The molecule has 1 unspecified atom stereocenters. The Morgan fingerprint density at radius 3 is 2.52 bits per heavy atom. The van der Waals surface area contributed by atoms with Crippen molar-refractivity contribution in [1.82, 2.24) is 0 Å². The summed E-state index contributed by atoms with van der Waals surface area (Å²) in [6.07, 6.45) is 5.47. The first-order valence-electron chi connectivity index (χ1n) is 8.54. The predicted molar refractivity (Wildman–Crippen MR) is 111 cm³/mol. The molecular weight excluding hydrogens is 360 g/mol. The molecule has 6 nitrogen and oxygen atoms in total. The van der Waals surface area contributed by atoms with Crippen LogP contribution in [0.15, 0.2) is 58.5 Å². The van der Waals surface area contributed by atoms with Gasteiger partial charge in [-0.2, -0.15) is 5.10 Å². The summed E-state index contributed by atoms with van der Waals surface area (Å²) in [5, 5.41) is 6.16. The normalized spacial score (nSPS) is 14.9. The molecule has 0 radical (unpaired) electrons. The summed E-state index contributed by atoms with van der Waals surface area (Å²) in [7, 11) is -1.07. The Morgan fingerprint density at radius 2 is 1.89 bits per heavy atom. The van der Waals surface area contributed by atoms with Crippen LogP contribution in [0.4, 0.5) is 11.4 Å². The number of primary amides is 1. The van der Waals surface area contributed by atoms with Gasteiger partial charge in [0.1, 0.15) is 5.71 Å². The van der Waals surface area contributed by atoms with E-state index in [2.05, 4.69) is 11.2 Å². The summed E-state index contributed by atoms with van der Waals surface area (Å²) >= 11 is 0. The largest absolute Gasteiger partial charge is 0.399 e. The number of benzene rings is 2. The van der Waals surface area contributed by atoms with E-state index in [-0.39, 0.29) is 5.71 Å². The van der Waals surface area contributed by atoms with Gasteiger partial charge in [-0.25, -0.2) is 5.01 Å². The van der Waals surface area contributed by atoms with Crippen molar-refractivity contribution >= 4 is 39.5 Å². The van der Waals surface area contributed by atoms with Crippen LogP contribution in [0.5, 0.6) is 0 Å². The molecule has 3 rings (SSSR count). The van der Waals surface area contributed by atoms with Gasteiger partial charge >= 0.3 is 0 Å². The second-order valence-electron chi connectivity index (χ2n) is 6.35. The topological polar surface area (TPSA) is 102 Å². The number of nitrogen functional groups attached to an aromatic ring is 1. The molecule has 0 heterocycles. The first-order valence-corrected chi connectivity index (χ1v) is 10.1. The van der Waals surface area contributed by atoms with E-state index < -0.39 is 16.7 Å². The summed E-state index contributed by atoms with van der Waals surface area (Å²) in [5.41, 5.74) is 16.0. The Kier molecular flexibility index (Phi) is 5.41. The maximum Gasteiger partial charge on any atom is 0.264 e. The maximum atomic E-state index is 11.7. The Hall–Kier alpha value is -2.93. The molecule has 4 N–H and O–H groups in total. The summed E-state index contributed by atoms with van der Waals surface area (Å²) in [4.78, 5) is 12.3. The Bertz CT molecular complexity index is 964. The second kappa shape index (κ2) is 7.75. The Morgan fingerprint density at radius 1 is 1.19 bits per heavy atom. The van der Waals surface area contributed by atoms with Crippen molar-refractivity contribution in [2.45, 2.75) is 24.7 Å². The molecule has 1 aliphatic rings. The fourth-order valence-electron chi connectivity index (χ4n) is 2.95. The number of rotatable bonds is 5. The van der Waals surface area contributed by atoms with Crippen molar-refractivity contribution in [3.05, 3.63) is 59.7 Å². The number of fused-ring (bicyclic) bond motifs is 1. The van der Waals surface area contributed by atoms with Gasteiger partial charge in [-0.15, -0.1) is 0 Å². The molecule has 2 aromatic rings. The number of nitrogens with zero attached hydrogens (tertiary/aromatic N) is 2. The number of allylic oxidation sites excluding steroid dienone is 1. The summed E-state index contributed by atoms with van der Waals surface area (Å²) < 4.78 is 11.7. The fraction of sp³-hybridized carbons (Fsp3) is 0.200. The van der Waals surface area contributed by atoms with Crippen LogP contribution in [0.3, 0.4) is 0 Å². The molecule has 0 fully saturated rings. The van der Waals surface area contributed by atoms with E-state index in [9.17, 15) is 9.00 Å². The van der Waals surface area contributed by atoms with Crippen molar-refractivity contribution in [2.24, 2.45) is 10.8 Å². The molecule has 2 aromatic carbocycles. The number of hydrogen-bond donors (Lipinski definition) is 2. The smallest absolute Gasteiger partial charge is 0.264 e. The van der Waals surface area contributed by atoms with Crippen LogP contribution in [0.25, 0.3) is 5.70 Å². The van der Waals surface area contributed by atoms with E-state index in [1.165, 1.54) is 5.56 Å². The van der Waals surface area contributed by atoms with Gasteiger partial charge in [0.05, 0.1) is 11.4 Å². The highest BCUT2D eigenvalue weighted by Gasteiger charge is 2.21. The number of nitrogens with two attached hydrogens (primary N) is 2. The molecule has 1 amide bonds. The summed E-state index contributed by atoms with van der Waals surface area (Å²) in [5.74, 6) is -0.588. The van der Waals surface area contributed by atoms with Gasteiger partial charge in [0, 0.05) is 33.2 Å². The quantitative estimate of drug-likeness (QED) is 0.471. The molecule has 0 saturated carbocycles. The minimum absolute atomic E-state index is 0.190. The number of amides is 1. The average molecular weight is 382 g/mol. The van der Waals surface area contributed by atoms with Crippen molar-refractivity contribution in [2.75, 3.05) is 17.0 Å². The lowest BCUT2D eigenvalue weighted by molar-refractivity contribution is -0.112. The molecule has 0 aromatic heterocycles. The van der Waals surface area contributed by atoms with Crippen LogP contribution in [-0.2, 0) is 22.0 Å². The van der Waals surface area contributed by atoms with Crippen LogP contribution in [0.1, 0.15) is 24.5 Å². The number of aryl methyl sites for hydroxylation is 1. The lowest BCUT2D eigenvalue weighted by Gasteiger charge is -2.27. The first kappa shape index (κ1) is 18.8. The average Bonchev–Trinajstić information content (AvgIpc) is 2.65. The molecular formula is C20H22N4O2S. The molecule has 140 valence electrons.